The first-order valence-electron chi connectivity index (χ1n) is 6.76. The molecule has 1 aliphatic carbocycles. The van der Waals surface area contributed by atoms with E-state index in [2.05, 4.69) is 16.8 Å². The number of nitrogens with two attached hydrogens (primary N) is 1. The second-order valence-electron chi connectivity index (χ2n) is 5.34. The lowest BCUT2D eigenvalue weighted by Crippen LogP contribution is -2.49. The SMILES string of the molecule is Br.Br.CCCN1CCC[C@@H]2Cc3nc(N)sc3C[C@H]21. The van der Waals surface area contributed by atoms with E-state index in [0.717, 1.165) is 23.5 Å². The molecule has 0 unspecified atom stereocenters. The van der Waals surface area contributed by atoms with Crippen LogP contribution in [0.1, 0.15) is 36.8 Å². The Morgan fingerprint density at radius 3 is 2.89 bits per heavy atom. The molecule has 2 heterocycles. The van der Waals surface area contributed by atoms with Crippen molar-refractivity contribution in [3.05, 3.63) is 10.6 Å². The molecule has 1 aromatic heterocycles. The monoisotopic (exact) mass is 411 g/mol. The van der Waals surface area contributed by atoms with E-state index < -0.39 is 0 Å². The standard InChI is InChI=1S/C13H21N3S.2BrH/c1-2-5-16-6-3-4-9-7-10-12(8-11(9)16)17-13(14)15-10;;/h9,11H,2-8H2,1H3,(H2,14,15);2*1H/t9-,11-;;/m1../s1. The molecule has 1 aliphatic heterocycles. The van der Waals surface area contributed by atoms with Crippen LogP contribution < -0.4 is 5.73 Å². The summed E-state index contributed by atoms with van der Waals surface area (Å²) in [6, 6.07) is 0.760. The second-order valence-corrected chi connectivity index (χ2v) is 6.45. The van der Waals surface area contributed by atoms with Gasteiger partial charge in [0.05, 0.1) is 5.69 Å². The van der Waals surface area contributed by atoms with Crippen LogP contribution >= 0.6 is 45.3 Å². The Bertz CT molecular complexity index is 409. The van der Waals surface area contributed by atoms with Crippen LogP contribution in [0.4, 0.5) is 5.13 Å². The molecule has 1 aromatic rings. The molecule has 0 aromatic carbocycles. The van der Waals surface area contributed by atoms with Crippen molar-refractivity contribution in [3.8, 4) is 0 Å². The van der Waals surface area contributed by atoms with Gasteiger partial charge in [-0.05, 0) is 51.1 Å². The summed E-state index contributed by atoms with van der Waals surface area (Å²) in [7, 11) is 0. The van der Waals surface area contributed by atoms with Gasteiger partial charge in [-0.1, -0.05) is 6.92 Å². The molecule has 0 bridgehead atoms. The Kier molecular flexibility index (Phi) is 6.76. The van der Waals surface area contributed by atoms with Gasteiger partial charge in [-0.15, -0.1) is 45.3 Å². The van der Waals surface area contributed by atoms with Crippen LogP contribution in [0.15, 0.2) is 0 Å². The highest BCUT2D eigenvalue weighted by Gasteiger charge is 2.36. The van der Waals surface area contributed by atoms with Crippen molar-refractivity contribution in [1.29, 1.82) is 0 Å². The lowest BCUT2D eigenvalue weighted by Gasteiger charge is -2.43. The number of thiazole rings is 1. The van der Waals surface area contributed by atoms with Crippen molar-refractivity contribution < 1.29 is 0 Å². The van der Waals surface area contributed by atoms with E-state index in [-0.39, 0.29) is 34.0 Å². The molecule has 2 N–H and O–H groups in total. The third kappa shape index (κ3) is 3.52. The number of likely N-dealkylation sites (tertiary alicyclic amines) is 1. The average molecular weight is 413 g/mol. The highest BCUT2D eigenvalue weighted by Crippen LogP contribution is 2.37. The van der Waals surface area contributed by atoms with Gasteiger partial charge in [0.2, 0.25) is 0 Å². The summed E-state index contributed by atoms with van der Waals surface area (Å²) in [6.45, 7) is 4.83. The summed E-state index contributed by atoms with van der Waals surface area (Å²) in [5.74, 6) is 0.823. The maximum atomic E-state index is 5.83. The normalized spacial score (nSPS) is 25.7. The first-order chi connectivity index (χ1) is 8.28. The molecule has 0 amide bonds. The molecule has 0 spiro atoms. The number of nitrogens with zero attached hydrogens (tertiary/aromatic N) is 2. The third-order valence-corrected chi connectivity index (χ3v) is 5.14. The third-order valence-electron chi connectivity index (χ3n) is 4.19. The fraction of sp³-hybridized carbons (Fsp3) is 0.769. The molecule has 1 fully saturated rings. The Morgan fingerprint density at radius 1 is 1.37 bits per heavy atom. The summed E-state index contributed by atoms with van der Waals surface area (Å²) in [6.07, 6.45) is 6.35. The fourth-order valence-electron chi connectivity index (χ4n) is 3.47. The zero-order valence-electron chi connectivity index (χ0n) is 11.3. The van der Waals surface area contributed by atoms with E-state index in [9.17, 15) is 0 Å². The predicted molar refractivity (Wildman–Crippen MR) is 93.0 cm³/mol. The topological polar surface area (TPSA) is 42.2 Å². The molecule has 2 atom stereocenters. The van der Waals surface area contributed by atoms with E-state index in [1.165, 1.54) is 49.3 Å². The molecule has 19 heavy (non-hydrogen) atoms. The number of hydrogen-bond donors (Lipinski definition) is 1. The zero-order chi connectivity index (χ0) is 11.8. The van der Waals surface area contributed by atoms with E-state index in [0.29, 0.717) is 0 Å². The largest absolute Gasteiger partial charge is 0.375 e. The molecular formula is C13H23Br2N3S. The van der Waals surface area contributed by atoms with Gasteiger partial charge < -0.3 is 5.73 Å². The number of rotatable bonds is 2. The Hall–Kier alpha value is 0.350. The number of hydrogen-bond acceptors (Lipinski definition) is 4. The highest BCUT2D eigenvalue weighted by atomic mass is 79.9. The minimum atomic E-state index is 0. The van der Waals surface area contributed by atoms with Crippen molar-refractivity contribution in [2.75, 3.05) is 18.8 Å². The minimum absolute atomic E-state index is 0. The summed E-state index contributed by atoms with van der Waals surface area (Å²) >= 11 is 1.71. The van der Waals surface area contributed by atoms with Crippen molar-refractivity contribution in [3.63, 3.8) is 0 Å². The van der Waals surface area contributed by atoms with E-state index in [1.807, 2.05) is 0 Å². The quantitative estimate of drug-likeness (QED) is 0.808. The van der Waals surface area contributed by atoms with Gasteiger partial charge >= 0.3 is 0 Å². The molecule has 2 aliphatic rings. The minimum Gasteiger partial charge on any atom is -0.375 e. The first kappa shape index (κ1) is 17.4. The Balaban J connectivity index is 0.000000902. The summed E-state index contributed by atoms with van der Waals surface area (Å²) in [5.41, 5.74) is 7.13. The molecule has 0 radical (unpaired) electrons. The Morgan fingerprint density at radius 2 is 2.16 bits per heavy atom. The molecule has 3 rings (SSSR count). The maximum Gasteiger partial charge on any atom is 0.180 e. The van der Waals surface area contributed by atoms with Gasteiger partial charge in [-0.3, -0.25) is 4.90 Å². The second kappa shape index (κ2) is 7.38. The molecule has 1 saturated heterocycles. The lowest BCUT2D eigenvalue weighted by molar-refractivity contribution is 0.0857. The maximum absolute atomic E-state index is 5.83. The van der Waals surface area contributed by atoms with Crippen LogP contribution in [0.3, 0.4) is 0 Å². The van der Waals surface area contributed by atoms with Gasteiger partial charge in [0.1, 0.15) is 0 Å². The fourth-order valence-corrected chi connectivity index (χ4v) is 4.38. The summed E-state index contributed by atoms with van der Waals surface area (Å²) < 4.78 is 0. The van der Waals surface area contributed by atoms with Crippen LogP contribution in [-0.4, -0.2) is 29.0 Å². The molecule has 110 valence electrons. The lowest BCUT2D eigenvalue weighted by atomic mass is 9.79. The van der Waals surface area contributed by atoms with Crippen LogP contribution in [0.2, 0.25) is 0 Å². The summed E-state index contributed by atoms with van der Waals surface area (Å²) in [5, 5.41) is 0.760. The average Bonchev–Trinajstić information content (AvgIpc) is 2.66. The van der Waals surface area contributed by atoms with Gasteiger partial charge in [0.15, 0.2) is 5.13 Å². The van der Waals surface area contributed by atoms with Crippen LogP contribution in [0.5, 0.6) is 0 Å². The zero-order valence-corrected chi connectivity index (χ0v) is 15.5. The number of fused-ring (bicyclic) bond motifs is 2. The first-order valence-corrected chi connectivity index (χ1v) is 7.57. The number of anilines is 1. The van der Waals surface area contributed by atoms with Gasteiger partial charge in [0.25, 0.3) is 0 Å². The molecular weight excluding hydrogens is 390 g/mol. The van der Waals surface area contributed by atoms with E-state index >= 15 is 0 Å². The number of piperidine rings is 1. The van der Waals surface area contributed by atoms with Crippen LogP contribution in [0.25, 0.3) is 0 Å². The van der Waals surface area contributed by atoms with E-state index in [1.54, 1.807) is 11.3 Å². The van der Waals surface area contributed by atoms with E-state index in [4.69, 9.17) is 5.73 Å². The number of nitrogen functional groups attached to an aromatic ring is 1. The molecule has 6 heteroatoms. The Labute approximate surface area is 140 Å². The van der Waals surface area contributed by atoms with Crippen LogP contribution in [-0.2, 0) is 12.8 Å². The van der Waals surface area contributed by atoms with Gasteiger partial charge in [-0.25, -0.2) is 4.98 Å². The van der Waals surface area contributed by atoms with Gasteiger partial charge in [-0.2, -0.15) is 0 Å². The van der Waals surface area contributed by atoms with Gasteiger partial charge in [0, 0.05) is 10.9 Å². The van der Waals surface area contributed by atoms with Crippen molar-refractivity contribution in [2.45, 2.75) is 45.1 Å². The van der Waals surface area contributed by atoms with Crippen molar-refractivity contribution in [1.82, 2.24) is 9.88 Å². The highest BCUT2D eigenvalue weighted by molar-refractivity contribution is 8.93. The summed E-state index contributed by atoms with van der Waals surface area (Å²) in [4.78, 5) is 8.64. The smallest absolute Gasteiger partial charge is 0.180 e. The molecule has 3 nitrogen and oxygen atoms in total. The predicted octanol–water partition coefficient (Wildman–Crippen LogP) is 3.47. The number of halogens is 2. The van der Waals surface area contributed by atoms with Crippen molar-refractivity contribution >= 4 is 50.4 Å². The molecule has 0 saturated carbocycles. The van der Waals surface area contributed by atoms with Crippen LogP contribution in [0, 0.1) is 5.92 Å². The number of aromatic nitrogens is 1. The van der Waals surface area contributed by atoms with Crippen molar-refractivity contribution in [2.24, 2.45) is 5.92 Å².